The average molecular weight is 441 g/mol. The first-order valence-electron chi connectivity index (χ1n) is 9.57. The number of amides is 1. The summed E-state index contributed by atoms with van der Waals surface area (Å²) in [5, 5.41) is 13.5. The number of alkyl halides is 1. The average Bonchev–Trinajstić information content (AvgIpc) is 2.70. The summed E-state index contributed by atoms with van der Waals surface area (Å²) in [5.41, 5.74) is -1.03. The number of carbonyl (C=O) groups excluding carboxylic acids is 1. The van der Waals surface area contributed by atoms with Gasteiger partial charge in [0.05, 0.1) is 17.9 Å². The molecule has 2 aromatic carbocycles. The number of hydrogen-bond acceptors (Lipinski definition) is 4. The highest BCUT2D eigenvalue weighted by molar-refractivity contribution is 6.30. The number of ether oxygens (including phenoxy) is 1. The predicted molar refractivity (Wildman–Crippen MR) is 107 cm³/mol. The van der Waals surface area contributed by atoms with Crippen LogP contribution in [0.5, 0.6) is 5.75 Å². The lowest BCUT2D eigenvalue weighted by molar-refractivity contribution is -0.116. The number of nitrogens with zero attached hydrogens (tertiary/aromatic N) is 1. The minimum Gasteiger partial charge on any atom is -0.490 e. The van der Waals surface area contributed by atoms with Crippen LogP contribution in [0.4, 0.5) is 24.5 Å². The van der Waals surface area contributed by atoms with Crippen molar-refractivity contribution in [2.24, 2.45) is 0 Å². The molecule has 2 atom stereocenters. The van der Waals surface area contributed by atoms with Crippen LogP contribution in [0.1, 0.15) is 18.4 Å². The molecule has 30 heavy (non-hydrogen) atoms. The Bertz CT molecular complexity index is 990. The van der Waals surface area contributed by atoms with Crippen molar-refractivity contribution < 1.29 is 27.8 Å². The number of rotatable bonds is 4. The fourth-order valence-electron chi connectivity index (χ4n) is 3.82. The normalized spacial score (nSPS) is 23.7. The molecule has 0 saturated carbocycles. The van der Waals surface area contributed by atoms with Crippen LogP contribution in [0.25, 0.3) is 0 Å². The molecule has 0 aliphatic carbocycles. The molecule has 1 fully saturated rings. The number of benzene rings is 2. The Balaban J connectivity index is 1.46. The van der Waals surface area contributed by atoms with Crippen molar-refractivity contribution in [1.29, 1.82) is 0 Å². The monoisotopic (exact) mass is 440 g/mol. The van der Waals surface area contributed by atoms with Crippen LogP contribution < -0.4 is 15.0 Å². The van der Waals surface area contributed by atoms with Crippen LogP contribution in [0.2, 0.25) is 5.02 Å². The first-order valence-corrected chi connectivity index (χ1v) is 9.95. The second-order valence-electron chi connectivity index (χ2n) is 7.60. The summed E-state index contributed by atoms with van der Waals surface area (Å²) < 4.78 is 48.7. The van der Waals surface area contributed by atoms with E-state index in [0.29, 0.717) is 11.3 Å². The molecular formula is C21H20ClF3N2O3. The second-order valence-corrected chi connectivity index (χ2v) is 8.04. The van der Waals surface area contributed by atoms with Gasteiger partial charge >= 0.3 is 0 Å². The third kappa shape index (κ3) is 3.94. The topological polar surface area (TPSA) is 61.8 Å². The van der Waals surface area contributed by atoms with Crippen molar-refractivity contribution in [3.05, 3.63) is 52.6 Å². The molecule has 0 unspecified atom stereocenters. The molecule has 9 heteroatoms. The maximum atomic E-state index is 14.9. The Hall–Kier alpha value is -2.45. The van der Waals surface area contributed by atoms with Gasteiger partial charge in [0.15, 0.2) is 0 Å². The highest BCUT2D eigenvalue weighted by Crippen LogP contribution is 2.36. The largest absolute Gasteiger partial charge is 0.490 e. The molecule has 4 rings (SSSR count). The quantitative estimate of drug-likeness (QED) is 0.758. The SMILES string of the molecule is O=C1CCc2c(OC[C@]3(O)CCN(c4ccc(Cl)cc4F)C[C@@H]3F)ccc(F)c2N1. The third-order valence-corrected chi connectivity index (χ3v) is 5.83. The maximum absolute atomic E-state index is 14.9. The number of hydrogen-bond donors (Lipinski definition) is 2. The molecule has 1 amide bonds. The summed E-state index contributed by atoms with van der Waals surface area (Å²) in [6.45, 7) is -0.344. The predicted octanol–water partition coefficient (Wildman–Crippen LogP) is 3.86. The Labute approximate surface area is 176 Å². The molecule has 160 valence electrons. The fourth-order valence-corrected chi connectivity index (χ4v) is 3.98. The summed E-state index contributed by atoms with van der Waals surface area (Å²) in [4.78, 5) is 13.0. The van der Waals surface area contributed by atoms with Crippen LogP contribution in [-0.4, -0.2) is 42.5 Å². The van der Waals surface area contributed by atoms with Crippen LogP contribution in [-0.2, 0) is 11.2 Å². The molecule has 0 aromatic heterocycles. The Morgan fingerprint density at radius 2 is 2.03 bits per heavy atom. The molecular weight excluding hydrogens is 421 g/mol. The van der Waals surface area contributed by atoms with Crippen molar-refractivity contribution in [2.75, 3.05) is 29.9 Å². The van der Waals surface area contributed by atoms with Gasteiger partial charge in [-0.3, -0.25) is 4.79 Å². The number of carbonyl (C=O) groups is 1. The first-order chi connectivity index (χ1) is 14.3. The molecule has 2 heterocycles. The van der Waals surface area contributed by atoms with Crippen LogP contribution in [0, 0.1) is 11.6 Å². The number of anilines is 2. The molecule has 2 aliphatic rings. The van der Waals surface area contributed by atoms with Gasteiger partial charge in [-0.05, 0) is 43.2 Å². The van der Waals surface area contributed by atoms with Crippen molar-refractivity contribution in [3.8, 4) is 5.75 Å². The van der Waals surface area contributed by atoms with Crippen LogP contribution in [0.3, 0.4) is 0 Å². The number of piperidine rings is 1. The lowest BCUT2D eigenvalue weighted by atomic mass is 9.90. The summed E-state index contributed by atoms with van der Waals surface area (Å²) in [7, 11) is 0. The van der Waals surface area contributed by atoms with E-state index in [1.165, 1.54) is 23.1 Å². The van der Waals surface area contributed by atoms with E-state index in [0.717, 1.165) is 12.1 Å². The van der Waals surface area contributed by atoms with E-state index in [4.69, 9.17) is 16.3 Å². The first kappa shape index (κ1) is 20.8. The van der Waals surface area contributed by atoms with E-state index in [2.05, 4.69) is 5.32 Å². The van der Waals surface area contributed by atoms with Gasteiger partial charge in [0.1, 0.15) is 35.8 Å². The van der Waals surface area contributed by atoms with Crippen molar-refractivity contribution in [2.45, 2.75) is 31.0 Å². The summed E-state index contributed by atoms with van der Waals surface area (Å²) in [5.74, 6) is -1.14. The summed E-state index contributed by atoms with van der Waals surface area (Å²) >= 11 is 5.76. The second kappa shape index (κ2) is 8.00. The van der Waals surface area contributed by atoms with E-state index in [-0.39, 0.29) is 61.3 Å². The van der Waals surface area contributed by atoms with E-state index in [9.17, 15) is 23.1 Å². The van der Waals surface area contributed by atoms with Crippen LogP contribution in [0.15, 0.2) is 30.3 Å². The zero-order chi connectivity index (χ0) is 21.5. The van der Waals surface area contributed by atoms with Gasteiger partial charge in [-0.15, -0.1) is 0 Å². The zero-order valence-corrected chi connectivity index (χ0v) is 16.7. The lowest BCUT2D eigenvalue weighted by Crippen LogP contribution is -2.56. The van der Waals surface area contributed by atoms with E-state index in [1.807, 2.05) is 0 Å². The molecule has 0 bridgehead atoms. The molecule has 1 saturated heterocycles. The fraction of sp³-hybridized carbons (Fsp3) is 0.381. The lowest BCUT2D eigenvalue weighted by Gasteiger charge is -2.41. The number of nitrogens with one attached hydrogen (secondary N) is 1. The van der Waals surface area contributed by atoms with E-state index >= 15 is 0 Å². The van der Waals surface area contributed by atoms with Gasteiger partial charge in [0.2, 0.25) is 5.91 Å². The van der Waals surface area contributed by atoms with Gasteiger partial charge in [0, 0.05) is 23.6 Å². The third-order valence-electron chi connectivity index (χ3n) is 5.59. The van der Waals surface area contributed by atoms with Crippen molar-refractivity contribution in [3.63, 3.8) is 0 Å². The van der Waals surface area contributed by atoms with Gasteiger partial charge in [-0.25, -0.2) is 13.2 Å². The Morgan fingerprint density at radius 1 is 1.23 bits per heavy atom. The molecule has 2 N–H and O–H groups in total. The summed E-state index contributed by atoms with van der Waals surface area (Å²) in [6, 6.07) is 6.71. The van der Waals surface area contributed by atoms with Gasteiger partial charge in [-0.2, -0.15) is 0 Å². The zero-order valence-electron chi connectivity index (χ0n) is 15.9. The smallest absolute Gasteiger partial charge is 0.224 e. The Kier molecular flexibility index (Phi) is 5.55. The Morgan fingerprint density at radius 3 is 2.77 bits per heavy atom. The highest BCUT2D eigenvalue weighted by atomic mass is 35.5. The maximum Gasteiger partial charge on any atom is 0.224 e. The molecule has 5 nitrogen and oxygen atoms in total. The van der Waals surface area contributed by atoms with Gasteiger partial charge in [-0.1, -0.05) is 11.6 Å². The van der Waals surface area contributed by atoms with E-state index in [1.54, 1.807) is 0 Å². The van der Waals surface area contributed by atoms with Crippen LogP contribution >= 0.6 is 11.6 Å². The number of aliphatic hydroxyl groups is 1. The standard InChI is InChI=1S/C21H20ClF3N2O3/c22-12-1-4-16(15(24)9-12)27-8-7-21(29,18(25)10-27)11-30-17-5-3-14(23)20-13(17)2-6-19(28)26-20/h1,3-5,9,18,29H,2,6-8,10-11H2,(H,26,28)/t18-,21+/m0/s1. The number of halogens is 4. The van der Waals surface area contributed by atoms with Crippen molar-refractivity contribution in [1.82, 2.24) is 0 Å². The minimum atomic E-state index is -1.78. The van der Waals surface area contributed by atoms with Crippen molar-refractivity contribution >= 4 is 28.9 Å². The molecule has 0 spiro atoms. The highest BCUT2D eigenvalue weighted by Gasteiger charge is 2.43. The summed E-state index contributed by atoms with van der Waals surface area (Å²) in [6.07, 6.45) is -1.21. The minimum absolute atomic E-state index is 0.0103. The molecule has 2 aromatic rings. The van der Waals surface area contributed by atoms with Gasteiger partial charge in [0.25, 0.3) is 0 Å². The molecule has 2 aliphatic heterocycles. The van der Waals surface area contributed by atoms with E-state index < -0.39 is 23.4 Å². The molecule has 0 radical (unpaired) electrons. The van der Waals surface area contributed by atoms with Gasteiger partial charge < -0.3 is 20.1 Å². The number of fused-ring (bicyclic) bond motifs is 1.